The summed E-state index contributed by atoms with van der Waals surface area (Å²) in [5, 5.41) is 4.34. The second-order valence-electron chi connectivity index (χ2n) is 5.08. The monoisotopic (exact) mass is 373 g/mol. The van der Waals surface area contributed by atoms with E-state index >= 15 is 0 Å². The molecule has 0 aliphatic carbocycles. The zero-order valence-electron chi connectivity index (χ0n) is 11.0. The lowest BCUT2D eigenvalue weighted by molar-refractivity contribution is 0.508. The number of nitrogens with two attached hydrogens (primary N) is 1. The van der Waals surface area contributed by atoms with Gasteiger partial charge < -0.3 is 5.73 Å². The lowest BCUT2D eigenvalue weighted by Crippen LogP contribution is -2.14. The van der Waals surface area contributed by atoms with Crippen LogP contribution >= 0.6 is 15.9 Å². The minimum Gasteiger partial charge on any atom is -0.384 e. The smallest absolute Gasteiger partial charge is 0.152 e. The highest BCUT2D eigenvalue weighted by Gasteiger charge is 2.31. The zero-order chi connectivity index (χ0) is 15.2. The molecule has 0 radical (unpaired) electrons. The van der Waals surface area contributed by atoms with Gasteiger partial charge in [-0.25, -0.2) is 17.5 Å². The molecular weight excluding hydrogens is 361 g/mol. The molecule has 1 atom stereocenters. The third-order valence-electron chi connectivity index (χ3n) is 3.53. The molecule has 8 heteroatoms. The molecule has 1 aromatic carbocycles. The van der Waals surface area contributed by atoms with Gasteiger partial charge in [0.25, 0.3) is 0 Å². The third kappa shape index (κ3) is 2.82. The van der Waals surface area contributed by atoms with Gasteiger partial charge in [-0.2, -0.15) is 5.10 Å². The van der Waals surface area contributed by atoms with Gasteiger partial charge in [0.15, 0.2) is 9.84 Å². The van der Waals surface area contributed by atoms with Crippen LogP contribution in [0.5, 0.6) is 0 Å². The van der Waals surface area contributed by atoms with Crippen LogP contribution in [0.4, 0.5) is 10.2 Å². The van der Waals surface area contributed by atoms with Crippen LogP contribution in [0, 0.1) is 5.82 Å². The first-order valence-electron chi connectivity index (χ1n) is 6.36. The van der Waals surface area contributed by atoms with E-state index in [1.54, 1.807) is 18.2 Å². The number of aromatic nitrogens is 2. The zero-order valence-corrected chi connectivity index (χ0v) is 13.4. The van der Waals surface area contributed by atoms with Crippen molar-refractivity contribution in [3.8, 4) is 11.3 Å². The molecule has 2 N–H and O–H groups in total. The number of benzene rings is 1. The van der Waals surface area contributed by atoms with E-state index < -0.39 is 9.84 Å². The summed E-state index contributed by atoms with van der Waals surface area (Å²) in [6.45, 7) is 0. The maximum atomic E-state index is 13.6. The molecule has 0 bridgehead atoms. The predicted molar refractivity (Wildman–Crippen MR) is 82.0 cm³/mol. The number of sulfone groups is 1. The summed E-state index contributed by atoms with van der Waals surface area (Å²) < 4.78 is 38.6. The van der Waals surface area contributed by atoms with Crippen LogP contribution in [0.2, 0.25) is 0 Å². The van der Waals surface area contributed by atoms with Gasteiger partial charge in [-0.05, 0) is 34.5 Å². The van der Waals surface area contributed by atoms with Crippen LogP contribution in [0.1, 0.15) is 12.5 Å². The van der Waals surface area contributed by atoms with Gasteiger partial charge in [0.1, 0.15) is 11.6 Å². The Morgan fingerprint density at radius 1 is 1.38 bits per heavy atom. The molecule has 21 heavy (non-hydrogen) atoms. The molecule has 0 amide bonds. The molecule has 3 rings (SSSR count). The molecule has 5 nitrogen and oxygen atoms in total. The Morgan fingerprint density at radius 2 is 2.14 bits per heavy atom. The molecule has 1 fully saturated rings. The molecule has 1 aliphatic rings. The second kappa shape index (κ2) is 5.10. The summed E-state index contributed by atoms with van der Waals surface area (Å²) in [7, 11) is -3.01. The van der Waals surface area contributed by atoms with Crippen molar-refractivity contribution in [1.82, 2.24) is 9.78 Å². The SMILES string of the molecule is Nc1cc(-c2ccc(Br)c(F)c2)nn1C1CCS(=O)(=O)C1. The van der Waals surface area contributed by atoms with E-state index in [1.807, 2.05) is 0 Å². The molecule has 2 heterocycles. The number of nitrogens with zero attached hydrogens (tertiary/aromatic N) is 2. The van der Waals surface area contributed by atoms with E-state index in [2.05, 4.69) is 21.0 Å². The fourth-order valence-corrected chi connectivity index (χ4v) is 4.40. The quantitative estimate of drug-likeness (QED) is 0.876. The van der Waals surface area contributed by atoms with Gasteiger partial charge in [-0.15, -0.1) is 0 Å². The molecule has 0 spiro atoms. The number of anilines is 1. The minimum absolute atomic E-state index is 0.0486. The van der Waals surface area contributed by atoms with E-state index in [1.165, 1.54) is 10.7 Å². The van der Waals surface area contributed by atoms with Gasteiger partial charge in [0, 0.05) is 11.6 Å². The van der Waals surface area contributed by atoms with Gasteiger partial charge in [0.05, 0.1) is 27.7 Å². The molecular formula is C13H13BrFN3O2S. The Bertz CT molecular complexity index is 804. The summed E-state index contributed by atoms with van der Waals surface area (Å²) in [5.41, 5.74) is 7.05. The summed E-state index contributed by atoms with van der Waals surface area (Å²) in [6.07, 6.45) is 0.502. The first-order valence-corrected chi connectivity index (χ1v) is 8.98. The van der Waals surface area contributed by atoms with Gasteiger partial charge in [0.2, 0.25) is 0 Å². The van der Waals surface area contributed by atoms with E-state index in [9.17, 15) is 12.8 Å². The van der Waals surface area contributed by atoms with Crippen molar-refractivity contribution in [2.24, 2.45) is 0 Å². The maximum Gasteiger partial charge on any atom is 0.152 e. The second-order valence-corrected chi connectivity index (χ2v) is 8.17. The first-order chi connectivity index (χ1) is 9.85. The molecule has 0 saturated carbocycles. The van der Waals surface area contributed by atoms with E-state index in [-0.39, 0.29) is 23.4 Å². The number of nitrogen functional groups attached to an aromatic ring is 1. The van der Waals surface area contributed by atoms with Crippen LogP contribution < -0.4 is 5.73 Å². The van der Waals surface area contributed by atoms with Gasteiger partial charge in [-0.1, -0.05) is 6.07 Å². The first kappa shape index (κ1) is 14.5. The van der Waals surface area contributed by atoms with Gasteiger partial charge >= 0.3 is 0 Å². The number of hydrogen-bond acceptors (Lipinski definition) is 4. The van der Waals surface area contributed by atoms with Crippen molar-refractivity contribution in [2.45, 2.75) is 12.5 Å². The topological polar surface area (TPSA) is 78.0 Å². The average molecular weight is 374 g/mol. The summed E-state index contributed by atoms with van der Waals surface area (Å²) in [4.78, 5) is 0. The predicted octanol–water partition coefficient (Wildman–Crippen LogP) is 2.39. The number of halogens is 2. The fraction of sp³-hybridized carbons (Fsp3) is 0.308. The van der Waals surface area contributed by atoms with Gasteiger partial charge in [-0.3, -0.25) is 0 Å². The third-order valence-corrected chi connectivity index (χ3v) is 5.93. The van der Waals surface area contributed by atoms with Crippen molar-refractivity contribution in [1.29, 1.82) is 0 Å². The van der Waals surface area contributed by atoms with E-state index in [4.69, 9.17) is 5.73 Å². The molecule has 1 unspecified atom stereocenters. The lowest BCUT2D eigenvalue weighted by Gasteiger charge is -2.10. The van der Waals surface area contributed by atoms with Crippen molar-refractivity contribution in [3.63, 3.8) is 0 Å². The number of hydrogen-bond donors (Lipinski definition) is 1. The Hall–Kier alpha value is -1.41. The Labute approximate surface area is 130 Å². The minimum atomic E-state index is -3.01. The Balaban J connectivity index is 1.96. The molecule has 1 aromatic heterocycles. The largest absolute Gasteiger partial charge is 0.384 e. The summed E-state index contributed by atoms with van der Waals surface area (Å²) >= 11 is 3.10. The standard InChI is InChI=1S/C13H13BrFN3O2S/c14-10-2-1-8(5-11(10)15)12-6-13(16)18(17-12)9-3-4-21(19,20)7-9/h1-2,5-6,9H,3-4,7,16H2. The Morgan fingerprint density at radius 3 is 2.76 bits per heavy atom. The van der Waals surface area contributed by atoms with Crippen molar-refractivity contribution < 1.29 is 12.8 Å². The van der Waals surface area contributed by atoms with Crippen molar-refractivity contribution in [3.05, 3.63) is 34.6 Å². The van der Waals surface area contributed by atoms with Crippen molar-refractivity contribution in [2.75, 3.05) is 17.2 Å². The lowest BCUT2D eigenvalue weighted by atomic mass is 10.1. The summed E-state index contributed by atoms with van der Waals surface area (Å²) in [5.74, 6) is 0.200. The van der Waals surface area contributed by atoms with Crippen LogP contribution in [0.15, 0.2) is 28.7 Å². The highest BCUT2D eigenvalue weighted by molar-refractivity contribution is 9.10. The van der Waals surface area contributed by atoms with Crippen molar-refractivity contribution >= 4 is 31.6 Å². The molecule has 112 valence electrons. The highest BCUT2D eigenvalue weighted by atomic mass is 79.9. The maximum absolute atomic E-state index is 13.6. The molecule has 2 aromatic rings. The van der Waals surface area contributed by atoms with Crippen LogP contribution in [0.3, 0.4) is 0 Å². The highest BCUT2D eigenvalue weighted by Crippen LogP contribution is 2.30. The average Bonchev–Trinajstić information content (AvgIpc) is 2.95. The van der Waals surface area contributed by atoms with Crippen LogP contribution in [-0.2, 0) is 9.84 Å². The normalized spacial score (nSPS) is 20.8. The fourth-order valence-electron chi connectivity index (χ4n) is 2.47. The van der Waals surface area contributed by atoms with E-state index in [0.717, 1.165) is 0 Å². The summed E-state index contributed by atoms with van der Waals surface area (Å²) in [6, 6.07) is 6.07. The van der Waals surface area contributed by atoms with E-state index in [0.29, 0.717) is 28.0 Å². The molecule has 1 aliphatic heterocycles. The Kier molecular flexibility index (Phi) is 3.53. The molecule has 1 saturated heterocycles. The number of rotatable bonds is 2. The van der Waals surface area contributed by atoms with Crippen LogP contribution in [-0.4, -0.2) is 29.7 Å². The van der Waals surface area contributed by atoms with Crippen LogP contribution in [0.25, 0.3) is 11.3 Å².